The molecular formula is C12H18B2O. The van der Waals surface area contributed by atoms with Crippen molar-refractivity contribution in [2.75, 3.05) is 0 Å². The van der Waals surface area contributed by atoms with Crippen LogP contribution in [-0.4, -0.2) is 19.9 Å². The van der Waals surface area contributed by atoms with Crippen molar-refractivity contribution in [1.29, 1.82) is 0 Å². The summed E-state index contributed by atoms with van der Waals surface area (Å²) in [6, 6.07) is 2.10. The van der Waals surface area contributed by atoms with Crippen LogP contribution in [0.1, 0.15) is 31.9 Å². The van der Waals surface area contributed by atoms with Crippen molar-refractivity contribution >= 4 is 19.9 Å². The van der Waals surface area contributed by atoms with Crippen LogP contribution in [0.3, 0.4) is 0 Å². The fraction of sp³-hybridized carbons (Fsp3) is 0.500. The van der Waals surface area contributed by atoms with Gasteiger partial charge in [0, 0.05) is 0 Å². The summed E-state index contributed by atoms with van der Waals surface area (Å²) in [6.45, 7) is 10.1. The van der Waals surface area contributed by atoms with E-state index < -0.39 is 0 Å². The van der Waals surface area contributed by atoms with Gasteiger partial charge in [0.1, 0.15) is 0 Å². The molecule has 0 unspecified atom stereocenters. The minimum absolute atomic E-state index is 0.206. The summed E-state index contributed by atoms with van der Waals surface area (Å²) < 4.78 is 0. The molecule has 1 heterocycles. The first kappa shape index (κ1) is 12.2. The molecule has 0 aliphatic heterocycles. The Labute approximate surface area is 93.7 Å². The standard InChI is InChI=1S/C12H18B2O/c1-9-7-13-6-5-10(9)8-14-11(15)12(2,3)4/h5-7,14H,8H2,1-4H3. The zero-order chi connectivity index (χ0) is 11.5. The van der Waals surface area contributed by atoms with Gasteiger partial charge in [0.25, 0.3) is 0 Å². The van der Waals surface area contributed by atoms with Crippen molar-refractivity contribution in [3.8, 4) is 0 Å². The Morgan fingerprint density at radius 1 is 1.47 bits per heavy atom. The van der Waals surface area contributed by atoms with Gasteiger partial charge in [0.2, 0.25) is 0 Å². The maximum atomic E-state index is 11.7. The van der Waals surface area contributed by atoms with Crippen molar-refractivity contribution < 1.29 is 4.79 Å². The number of carbonyl (C=O) groups excluding carboxylic acids is 1. The third kappa shape index (κ3) is 3.65. The number of hydrogen-bond acceptors (Lipinski definition) is 1. The molecule has 0 bridgehead atoms. The molecular weight excluding hydrogens is 182 g/mol. The Kier molecular flexibility index (Phi) is 3.90. The molecule has 0 amide bonds. The molecule has 3 heteroatoms. The van der Waals surface area contributed by atoms with Crippen LogP contribution in [0.25, 0.3) is 0 Å². The average Bonchev–Trinajstić information content (AvgIpc) is 2.14. The SMILES string of the molecule is Cc1cbccc1CBC(=O)C(C)(C)C. The quantitative estimate of drug-likeness (QED) is 0.680. The first-order chi connectivity index (χ1) is 6.91. The Bertz CT molecular complexity index is 353. The molecule has 0 aliphatic carbocycles. The minimum atomic E-state index is -0.206. The number of carbonyl (C=O) groups is 1. The molecule has 78 valence electrons. The summed E-state index contributed by atoms with van der Waals surface area (Å²) >= 11 is 0. The van der Waals surface area contributed by atoms with E-state index in [1.807, 2.05) is 33.6 Å². The second-order valence-corrected chi connectivity index (χ2v) is 5.10. The van der Waals surface area contributed by atoms with E-state index in [1.165, 1.54) is 11.1 Å². The van der Waals surface area contributed by atoms with Gasteiger partial charge in [-0.3, -0.25) is 0 Å². The molecule has 1 nitrogen and oxygen atoms in total. The van der Waals surface area contributed by atoms with E-state index in [9.17, 15) is 4.79 Å². The third-order valence-electron chi connectivity index (χ3n) is 2.72. The van der Waals surface area contributed by atoms with E-state index in [-0.39, 0.29) is 5.41 Å². The predicted molar refractivity (Wildman–Crippen MR) is 67.8 cm³/mol. The van der Waals surface area contributed by atoms with Crippen LogP contribution in [-0.2, 0) is 11.1 Å². The molecule has 15 heavy (non-hydrogen) atoms. The number of hydrogen-bond donors (Lipinski definition) is 0. The van der Waals surface area contributed by atoms with Crippen LogP contribution >= 0.6 is 0 Å². The Morgan fingerprint density at radius 2 is 2.13 bits per heavy atom. The summed E-state index contributed by atoms with van der Waals surface area (Å²) in [5.74, 6) is 4.13. The van der Waals surface area contributed by atoms with Gasteiger partial charge in [-0.05, 0) is 0 Å². The van der Waals surface area contributed by atoms with Crippen molar-refractivity contribution in [1.82, 2.24) is 0 Å². The molecule has 0 saturated carbocycles. The van der Waals surface area contributed by atoms with Gasteiger partial charge in [-0.1, -0.05) is 0 Å². The fourth-order valence-corrected chi connectivity index (χ4v) is 1.51. The van der Waals surface area contributed by atoms with Gasteiger partial charge in [-0.2, -0.15) is 0 Å². The van der Waals surface area contributed by atoms with Crippen LogP contribution in [0.5, 0.6) is 0 Å². The first-order valence-corrected chi connectivity index (χ1v) is 5.49. The molecule has 1 aromatic rings. The zero-order valence-corrected chi connectivity index (χ0v) is 10.1. The molecule has 0 aromatic carbocycles. The molecule has 0 radical (unpaired) electrons. The van der Waals surface area contributed by atoms with Gasteiger partial charge in [-0.25, -0.2) is 0 Å². The van der Waals surface area contributed by atoms with Crippen molar-refractivity contribution in [2.24, 2.45) is 5.41 Å². The molecule has 0 spiro atoms. The van der Waals surface area contributed by atoms with Crippen molar-refractivity contribution in [3.05, 3.63) is 29.1 Å². The van der Waals surface area contributed by atoms with E-state index in [1.54, 1.807) is 0 Å². The summed E-state index contributed by atoms with van der Waals surface area (Å²) in [5.41, 5.74) is 2.70. The van der Waals surface area contributed by atoms with Gasteiger partial charge < -0.3 is 0 Å². The van der Waals surface area contributed by atoms with Gasteiger partial charge in [0.15, 0.2) is 0 Å². The van der Waals surface area contributed by atoms with E-state index in [0.29, 0.717) is 13.0 Å². The predicted octanol–water partition coefficient (Wildman–Crippen LogP) is 1.84. The van der Waals surface area contributed by atoms with E-state index in [4.69, 9.17) is 0 Å². The third-order valence-corrected chi connectivity index (χ3v) is 2.72. The first-order valence-electron chi connectivity index (χ1n) is 5.49. The zero-order valence-electron chi connectivity index (χ0n) is 10.1. The van der Waals surface area contributed by atoms with E-state index >= 15 is 0 Å². The maximum absolute atomic E-state index is 11.7. The summed E-state index contributed by atoms with van der Waals surface area (Å²) in [7, 11) is 0.647. The molecule has 0 aliphatic rings. The van der Waals surface area contributed by atoms with Crippen LogP contribution in [0, 0.1) is 12.3 Å². The molecule has 0 fully saturated rings. The second-order valence-electron chi connectivity index (χ2n) is 5.10. The van der Waals surface area contributed by atoms with E-state index in [2.05, 4.69) is 19.0 Å². The normalized spacial score (nSPS) is 10.9. The van der Waals surface area contributed by atoms with E-state index in [0.717, 1.165) is 6.32 Å². The monoisotopic (exact) mass is 200 g/mol. The van der Waals surface area contributed by atoms with Crippen LogP contribution in [0.4, 0.5) is 0 Å². The Balaban J connectivity index is 2.59. The molecule has 0 saturated heterocycles. The summed E-state index contributed by atoms with van der Waals surface area (Å²) in [4.78, 5) is 11.7. The molecule has 1 rings (SSSR count). The number of aryl methyl sites for hydroxylation is 1. The number of rotatable bonds is 3. The molecule has 1 aromatic heterocycles. The van der Waals surface area contributed by atoms with Gasteiger partial charge in [-0.15, -0.1) is 0 Å². The molecule has 0 atom stereocenters. The fourth-order valence-electron chi connectivity index (χ4n) is 1.51. The molecule has 0 N–H and O–H groups in total. The van der Waals surface area contributed by atoms with Crippen LogP contribution in [0.15, 0.2) is 18.0 Å². The van der Waals surface area contributed by atoms with Crippen LogP contribution in [0.2, 0.25) is 0 Å². The average molecular weight is 200 g/mol. The summed E-state index contributed by atoms with van der Waals surface area (Å²) in [6.07, 6.45) is 0.864. The Hall–Kier alpha value is -0.850. The topological polar surface area (TPSA) is 17.1 Å². The summed E-state index contributed by atoms with van der Waals surface area (Å²) in [5, 5.41) is 0. The second kappa shape index (κ2) is 4.78. The van der Waals surface area contributed by atoms with Crippen LogP contribution < -0.4 is 0 Å². The van der Waals surface area contributed by atoms with Gasteiger partial charge >= 0.3 is 93.2 Å². The van der Waals surface area contributed by atoms with Crippen molar-refractivity contribution in [2.45, 2.75) is 34.0 Å². The van der Waals surface area contributed by atoms with Crippen molar-refractivity contribution in [3.63, 3.8) is 0 Å². The Morgan fingerprint density at radius 3 is 2.67 bits per heavy atom. The van der Waals surface area contributed by atoms with Gasteiger partial charge in [0.05, 0.1) is 0 Å².